The molecule has 0 spiro atoms. The Morgan fingerprint density at radius 1 is 1.14 bits per heavy atom. The Morgan fingerprint density at radius 2 is 1.89 bits per heavy atom. The number of aromatic nitrogens is 2. The summed E-state index contributed by atoms with van der Waals surface area (Å²) in [6, 6.07) is 2.90. The second kappa shape index (κ2) is 9.31. The lowest BCUT2D eigenvalue weighted by atomic mass is 10.2. The average Bonchev–Trinajstić information content (AvgIpc) is 2.59. The highest BCUT2D eigenvalue weighted by molar-refractivity contribution is 5.98. The first-order chi connectivity index (χ1) is 13.2. The number of urea groups is 1. The number of aryl methyl sites for hydroxylation is 1. The van der Waals surface area contributed by atoms with Crippen LogP contribution in [-0.4, -0.2) is 34.3 Å². The van der Waals surface area contributed by atoms with Crippen molar-refractivity contribution in [2.45, 2.75) is 25.9 Å². The first kappa shape index (κ1) is 21.4. The van der Waals surface area contributed by atoms with E-state index in [4.69, 9.17) is 5.11 Å². The largest absolute Gasteiger partial charge is 0.419 e. The fraction of sp³-hybridized carbons (Fsp3) is 0.353. The van der Waals surface area contributed by atoms with Crippen LogP contribution in [0.15, 0.2) is 24.3 Å². The van der Waals surface area contributed by atoms with Crippen LogP contribution in [0.5, 0.6) is 0 Å². The summed E-state index contributed by atoms with van der Waals surface area (Å²) in [6.45, 7) is 2.31. The van der Waals surface area contributed by atoms with Gasteiger partial charge in [0.1, 0.15) is 11.6 Å². The summed E-state index contributed by atoms with van der Waals surface area (Å²) >= 11 is 0. The highest BCUT2D eigenvalue weighted by Crippen LogP contribution is 2.33. The van der Waals surface area contributed by atoms with Crippen molar-refractivity contribution in [3.8, 4) is 0 Å². The van der Waals surface area contributed by atoms with E-state index in [0.717, 1.165) is 12.5 Å². The highest BCUT2D eigenvalue weighted by Gasteiger charge is 2.34. The number of rotatable bonds is 7. The van der Waals surface area contributed by atoms with Crippen molar-refractivity contribution in [1.82, 2.24) is 9.97 Å². The lowest BCUT2D eigenvalue weighted by molar-refractivity contribution is -0.139. The highest BCUT2D eigenvalue weighted by atomic mass is 19.4. The molecule has 0 aliphatic rings. The molecule has 0 saturated carbocycles. The van der Waals surface area contributed by atoms with Gasteiger partial charge in [-0.05, 0) is 38.0 Å². The average molecular weight is 401 g/mol. The summed E-state index contributed by atoms with van der Waals surface area (Å²) in [5.74, 6) is -1.04. The van der Waals surface area contributed by atoms with Gasteiger partial charge < -0.3 is 15.7 Å². The molecule has 0 aliphatic heterocycles. The summed E-state index contributed by atoms with van der Waals surface area (Å²) in [5, 5.41) is 16.3. The molecule has 1 heterocycles. The van der Waals surface area contributed by atoms with E-state index in [0.29, 0.717) is 36.6 Å². The number of aliphatic hydroxyl groups is 1. The maximum absolute atomic E-state index is 13.3. The van der Waals surface area contributed by atoms with Crippen LogP contribution in [0.1, 0.15) is 24.1 Å². The molecule has 0 aliphatic carbocycles. The van der Waals surface area contributed by atoms with Gasteiger partial charge >= 0.3 is 12.2 Å². The van der Waals surface area contributed by atoms with E-state index in [1.165, 1.54) is 0 Å². The first-order valence-corrected chi connectivity index (χ1v) is 8.34. The Hall–Kier alpha value is -2.95. The molecule has 2 amide bonds. The number of carbonyl (C=O) groups excluding carboxylic acids is 1. The van der Waals surface area contributed by atoms with Gasteiger partial charge in [0.05, 0.1) is 5.56 Å². The van der Waals surface area contributed by atoms with E-state index in [-0.39, 0.29) is 18.2 Å². The molecule has 0 fully saturated rings. The number of aliphatic hydroxyl groups excluding tert-OH is 1. The van der Waals surface area contributed by atoms with E-state index in [1.807, 2.05) is 0 Å². The van der Waals surface area contributed by atoms with Gasteiger partial charge in [-0.1, -0.05) is 0 Å². The van der Waals surface area contributed by atoms with Crippen LogP contribution >= 0.6 is 0 Å². The number of anilines is 3. The standard InChI is InChI=1S/C17H19F4N5O2/c1-10-8-14(22-6-2-3-7-27)25-15(23-10)26-16(28)24-11-4-5-13(18)12(9-11)17(19,20)21/h4-5,8-9,27H,2-3,6-7H2,1H3,(H3,22,23,24,25,26,28). The lowest BCUT2D eigenvalue weighted by Gasteiger charge is -2.12. The number of nitrogens with one attached hydrogen (secondary N) is 3. The normalized spacial score (nSPS) is 11.2. The maximum Gasteiger partial charge on any atom is 0.419 e. The van der Waals surface area contributed by atoms with Crippen LogP contribution in [0.2, 0.25) is 0 Å². The molecule has 2 aromatic rings. The Kier molecular flexibility index (Phi) is 7.10. The number of halogens is 4. The molecular weight excluding hydrogens is 382 g/mol. The fourth-order valence-electron chi connectivity index (χ4n) is 2.25. The second-order valence-corrected chi connectivity index (χ2v) is 5.85. The summed E-state index contributed by atoms with van der Waals surface area (Å²) in [5.41, 5.74) is -1.16. The zero-order valence-corrected chi connectivity index (χ0v) is 14.9. The smallest absolute Gasteiger partial charge is 0.396 e. The van der Waals surface area contributed by atoms with Gasteiger partial charge in [-0.2, -0.15) is 18.2 Å². The molecular formula is C17H19F4N5O2. The van der Waals surface area contributed by atoms with Crippen LogP contribution in [-0.2, 0) is 6.18 Å². The molecule has 7 nitrogen and oxygen atoms in total. The third kappa shape index (κ3) is 6.34. The number of unbranched alkanes of at least 4 members (excludes halogenated alkanes) is 1. The molecule has 1 aromatic carbocycles. The summed E-state index contributed by atoms with van der Waals surface area (Å²) in [6.07, 6.45) is -3.54. The van der Waals surface area contributed by atoms with Crippen LogP contribution in [0.3, 0.4) is 0 Å². The topological polar surface area (TPSA) is 99.2 Å². The van der Waals surface area contributed by atoms with Crippen LogP contribution in [0.4, 0.5) is 39.8 Å². The van der Waals surface area contributed by atoms with Crippen molar-refractivity contribution in [3.63, 3.8) is 0 Å². The molecule has 1 aromatic heterocycles. The molecule has 152 valence electrons. The quantitative estimate of drug-likeness (QED) is 0.418. The van der Waals surface area contributed by atoms with E-state index < -0.39 is 23.6 Å². The minimum atomic E-state index is -4.88. The van der Waals surface area contributed by atoms with Crippen molar-refractivity contribution < 1.29 is 27.5 Å². The molecule has 28 heavy (non-hydrogen) atoms. The summed E-state index contributed by atoms with van der Waals surface area (Å²) in [7, 11) is 0. The van der Waals surface area contributed by atoms with Crippen molar-refractivity contribution in [2.24, 2.45) is 0 Å². The Bertz CT molecular complexity index is 830. The number of carbonyl (C=O) groups is 1. The monoisotopic (exact) mass is 401 g/mol. The van der Waals surface area contributed by atoms with Crippen LogP contribution in [0.25, 0.3) is 0 Å². The number of hydrogen-bond donors (Lipinski definition) is 4. The SMILES string of the molecule is Cc1cc(NCCCCO)nc(NC(=O)Nc2ccc(F)c(C(F)(F)F)c2)n1. The van der Waals surface area contributed by atoms with E-state index in [1.54, 1.807) is 13.0 Å². The predicted molar refractivity (Wildman–Crippen MR) is 95.6 cm³/mol. The van der Waals surface area contributed by atoms with E-state index in [2.05, 4.69) is 25.9 Å². The molecule has 4 N–H and O–H groups in total. The summed E-state index contributed by atoms with van der Waals surface area (Å²) in [4.78, 5) is 20.1. The molecule has 0 bridgehead atoms. The van der Waals surface area contributed by atoms with Crippen molar-refractivity contribution in [3.05, 3.63) is 41.3 Å². The number of benzene rings is 1. The molecule has 0 radical (unpaired) electrons. The third-order valence-corrected chi connectivity index (χ3v) is 3.50. The van der Waals surface area contributed by atoms with Gasteiger partial charge in [0.2, 0.25) is 5.95 Å². The zero-order chi connectivity index (χ0) is 20.7. The molecule has 0 saturated heterocycles. The van der Waals surface area contributed by atoms with Crippen molar-refractivity contribution in [2.75, 3.05) is 29.1 Å². The first-order valence-electron chi connectivity index (χ1n) is 8.34. The Morgan fingerprint density at radius 3 is 2.57 bits per heavy atom. The Labute approximate surface area is 158 Å². The third-order valence-electron chi connectivity index (χ3n) is 3.50. The second-order valence-electron chi connectivity index (χ2n) is 5.85. The van der Waals surface area contributed by atoms with Gasteiger partial charge in [-0.3, -0.25) is 5.32 Å². The molecule has 0 atom stereocenters. The van der Waals surface area contributed by atoms with Gasteiger partial charge in [0.15, 0.2) is 0 Å². The van der Waals surface area contributed by atoms with Crippen LogP contribution in [0, 0.1) is 12.7 Å². The van der Waals surface area contributed by atoms with E-state index >= 15 is 0 Å². The lowest BCUT2D eigenvalue weighted by Crippen LogP contribution is -2.22. The van der Waals surface area contributed by atoms with Gasteiger partial charge in [0, 0.05) is 30.6 Å². The predicted octanol–water partition coefficient (Wildman–Crippen LogP) is 3.77. The van der Waals surface area contributed by atoms with Crippen LogP contribution < -0.4 is 16.0 Å². The number of nitrogens with zero attached hydrogens (tertiary/aromatic N) is 2. The Balaban J connectivity index is 2.04. The number of amides is 2. The zero-order valence-electron chi connectivity index (χ0n) is 14.9. The number of hydrogen-bond acceptors (Lipinski definition) is 5. The van der Waals surface area contributed by atoms with Gasteiger partial charge in [0.25, 0.3) is 0 Å². The fourth-order valence-corrected chi connectivity index (χ4v) is 2.25. The van der Waals surface area contributed by atoms with E-state index in [9.17, 15) is 22.4 Å². The van der Waals surface area contributed by atoms with Gasteiger partial charge in [-0.15, -0.1) is 0 Å². The minimum absolute atomic E-state index is 0.0553. The minimum Gasteiger partial charge on any atom is -0.396 e. The number of alkyl halides is 3. The van der Waals surface area contributed by atoms with Crippen molar-refractivity contribution in [1.29, 1.82) is 0 Å². The van der Waals surface area contributed by atoms with Gasteiger partial charge in [-0.25, -0.2) is 14.2 Å². The van der Waals surface area contributed by atoms with Crippen molar-refractivity contribution >= 4 is 23.5 Å². The summed E-state index contributed by atoms with van der Waals surface area (Å²) < 4.78 is 51.5. The molecule has 0 unspecified atom stereocenters. The molecule has 2 rings (SSSR count). The molecule has 11 heteroatoms. The maximum atomic E-state index is 13.3.